The van der Waals surface area contributed by atoms with Crippen LogP contribution in [0.5, 0.6) is 0 Å². The zero-order chi connectivity index (χ0) is 32.1. The molecule has 0 saturated heterocycles. The van der Waals surface area contributed by atoms with Gasteiger partial charge in [-0.15, -0.1) is 0 Å². The van der Waals surface area contributed by atoms with Crippen LogP contribution in [0.4, 0.5) is 34.1 Å². The Kier molecular flexibility index (Phi) is 7.19. The van der Waals surface area contributed by atoms with Crippen molar-refractivity contribution >= 4 is 61.0 Å². The van der Waals surface area contributed by atoms with Crippen LogP contribution < -0.4 is 9.80 Å². The van der Waals surface area contributed by atoms with Crippen molar-refractivity contribution in [1.82, 2.24) is 4.98 Å². The Morgan fingerprint density at radius 3 is 1.64 bits per heavy atom. The number of hydrogen-bond acceptors (Lipinski definition) is 3. The second-order valence-corrected chi connectivity index (χ2v) is 14.0. The first-order valence-corrected chi connectivity index (χ1v) is 16.8. The van der Waals surface area contributed by atoms with Gasteiger partial charge in [0.25, 0.3) is 0 Å². The third-order valence-corrected chi connectivity index (χ3v) is 9.53. The van der Waals surface area contributed by atoms with Crippen LogP contribution in [0.2, 0.25) is 0 Å². The van der Waals surface area contributed by atoms with E-state index in [4.69, 9.17) is 4.98 Å². The summed E-state index contributed by atoms with van der Waals surface area (Å²) in [6.07, 6.45) is 0. The van der Waals surface area contributed by atoms with Crippen LogP contribution >= 0.6 is 15.9 Å². The third kappa shape index (κ3) is 5.19. The Bertz CT molecular complexity index is 2190. The number of nitrogens with zero attached hydrogens (tertiary/aromatic N) is 3. The summed E-state index contributed by atoms with van der Waals surface area (Å²) in [6.45, 7) is 6.78. The normalized spacial score (nSPS) is 12.6. The van der Waals surface area contributed by atoms with E-state index in [0.29, 0.717) is 0 Å². The molecule has 8 rings (SSSR count). The highest BCUT2D eigenvalue weighted by Gasteiger charge is 2.31. The molecule has 6 aromatic carbocycles. The highest BCUT2D eigenvalue weighted by molar-refractivity contribution is 9.10. The lowest BCUT2D eigenvalue weighted by Crippen LogP contribution is -2.24. The molecule has 0 fully saturated rings. The molecule has 47 heavy (non-hydrogen) atoms. The van der Waals surface area contributed by atoms with Crippen LogP contribution in [0.3, 0.4) is 0 Å². The van der Waals surface area contributed by atoms with Gasteiger partial charge in [-0.05, 0) is 82.8 Å². The first kappa shape index (κ1) is 29.2. The number of hydrogen-bond donors (Lipinski definition) is 0. The van der Waals surface area contributed by atoms with Gasteiger partial charge in [-0.1, -0.05) is 128 Å². The summed E-state index contributed by atoms with van der Waals surface area (Å²) >= 11 is 3.62. The maximum absolute atomic E-state index is 5.45. The van der Waals surface area contributed by atoms with Gasteiger partial charge in [0.2, 0.25) is 0 Å². The fraction of sp³-hybridized carbons (Fsp3) is 0.0930. The predicted octanol–water partition coefficient (Wildman–Crippen LogP) is 12.9. The molecule has 7 aromatic rings. The highest BCUT2D eigenvalue weighted by Crippen LogP contribution is 2.55. The highest BCUT2D eigenvalue weighted by atomic mass is 79.9. The fourth-order valence-electron chi connectivity index (χ4n) is 6.63. The third-order valence-electron chi connectivity index (χ3n) is 9.00. The summed E-state index contributed by atoms with van der Waals surface area (Å²) in [5.74, 6) is 0. The summed E-state index contributed by atoms with van der Waals surface area (Å²) in [6, 6.07) is 54.2. The lowest BCUT2D eigenvalue weighted by molar-refractivity contribution is 0.590. The molecule has 2 heterocycles. The lowest BCUT2D eigenvalue weighted by atomic mass is 9.86. The number of anilines is 6. The molecule has 0 radical (unpaired) electrons. The fourth-order valence-corrected chi connectivity index (χ4v) is 6.89. The Morgan fingerprint density at radius 2 is 1.04 bits per heavy atom. The van der Waals surface area contributed by atoms with E-state index in [2.05, 4.69) is 198 Å². The SMILES string of the molecule is CC(C)(C)c1ccc(-c2cc(-c3ccc(Br)cc3)nc3c(N4c5ccccc5N(c5ccccc5)c5ccccc54)cccc23)cc1. The van der Waals surface area contributed by atoms with Gasteiger partial charge in [-0.25, -0.2) is 4.98 Å². The van der Waals surface area contributed by atoms with E-state index >= 15 is 0 Å². The quantitative estimate of drug-likeness (QED) is 0.186. The Hall–Kier alpha value is -5.19. The van der Waals surface area contributed by atoms with Crippen LogP contribution in [-0.2, 0) is 5.41 Å². The van der Waals surface area contributed by atoms with E-state index < -0.39 is 0 Å². The number of rotatable bonds is 4. The molecular weight excluding hydrogens is 638 g/mol. The van der Waals surface area contributed by atoms with Crippen LogP contribution in [0.1, 0.15) is 26.3 Å². The molecular formula is C43H34BrN3. The molecule has 1 aromatic heterocycles. The van der Waals surface area contributed by atoms with Gasteiger partial charge in [-0.3, -0.25) is 0 Å². The number of para-hydroxylation sites is 6. The molecule has 0 bridgehead atoms. The molecule has 0 unspecified atom stereocenters. The maximum atomic E-state index is 5.45. The Balaban J connectivity index is 1.40. The van der Waals surface area contributed by atoms with Crippen molar-refractivity contribution < 1.29 is 0 Å². The van der Waals surface area contributed by atoms with Crippen molar-refractivity contribution in [2.24, 2.45) is 0 Å². The van der Waals surface area contributed by atoms with Gasteiger partial charge in [0.1, 0.15) is 0 Å². The summed E-state index contributed by atoms with van der Waals surface area (Å²) in [7, 11) is 0. The van der Waals surface area contributed by atoms with Gasteiger partial charge < -0.3 is 9.80 Å². The van der Waals surface area contributed by atoms with Crippen molar-refractivity contribution in [2.75, 3.05) is 9.80 Å². The number of pyridine rings is 1. The topological polar surface area (TPSA) is 19.4 Å². The molecule has 3 nitrogen and oxygen atoms in total. The van der Waals surface area contributed by atoms with Crippen molar-refractivity contribution in [3.05, 3.63) is 162 Å². The van der Waals surface area contributed by atoms with E-state index in [-0.39, 0.29) is 5.41 Å². The van der Waals surface area contributed by atoms with Crippen LogP contribution in [0.15, 0.2) is 156 Å². The lowest BCUT2D eigenvalue weighted by Gasteiger charge is -2.40. The van der Waals surface area contributed by atoms with Gasteiger partial charge in [0.15, 0.2) is 0 Å². The van der Waals surface area contributed by atoms with E-state index in [0.717, 1.165) is 60.8 Å². The molecule has 0 spiro atoms. The average Bonchev–Trinajstić information content (AvgIpc) is 3.10. The average molecular weight is 673 g/mol. The number of aromatic nitrogens is 1. The number of halogens is 1. The zero-order valence-electron chi connectivity index (χ0n) is 26.7. The van der Waals surface area contributed by atoms with Crippen molar-refractivity contribution in [3.63, 3.8) is 0 Å². The molecule has 0 atom stereocenters. The molecule has 0 amide bonds. The summed E-state index contributed by atoms with van der Waals surface area (Å²) in [4.78, 5) is 10.2. The zero-order valence-corrected chi connectivity index (χ0v) is 28.2. The Labute approximate surface area is 284 Å². The summed E-state index contributed by atoms with van der Waals surface area (Å²) in [5.41, 5.74) is 13.3. The molecule has 0 saturated carbocycles. The molecule has 0 aliphatic carbocycles. The van der Waals surface area contributed by atoms with Crippen LogP contribution in [-0.4, -0.2) is 4.98 Å². The Morgan fingerprint density at radius 1 is 0.511 bits per heavy atom. The first-order valence-electron chi connectivity index (χ1n) is 16.0. The number of fused-ring (bicyclic) bond motifs is 3. The van der Waals surface area contributed by atoms with Gasteiger partial charge in [-0.2, -0.15) is 0 Å². The minimum atomic E-state index is 0.0806. The van der Waals surface area contributed by atoms with Crippen molar-refractivity contribution in [3.8, 4) is 22.4 Å². The first-order chi connectivity index (χ1) is 22.9. The van der Waals surface area contributed by atoms with E-state index in [1.54, 1.807) is 0 Å². The van der Waals surface area contributed by atoms with Crippen LogP contribution in [0, 0.1) is 0 Å². The van der Waals surface area contributed by atoms with Crippen LogP contribution in [0.25, 0.3) is 33.3 Å². The predicted molar refractivity (Wildman–Crippen MR) is 202 cm³/mol. The van der Waals surface area contributed by atoms with E-state index in [1.807, 2.05) is 0 Å². The van der Waals surface area contributed by atoms with Crippen molar-refractivity contribution in [1.29, 1.82) is 0 Å². The van der Waals surface area contributed by atoms with E-state index in [9.17, 15) is 0 Å². The number of benzene rings is 6. The molecule has 228 valence electrons. The van der Waals surface area contributed by atoms with Gasteiger partial charge in [0, 0.05) is 21.1 Å². The molecule has 1 aliphatic heterocycles. The molecule has 1 aliphatic rings. The monoisotopic (exact) mass is 671 g/mol. The smallest absolute Gasteiger partial charge is 0.0956 e. The molecule has 4 heteroatoms. The largest absolute Gasteiger partial charge is 0.306 e. The standard InChI is InChI=1S/C43H34BrN3/c1-43(2,3)31-24-20-29(21-25-31)35-28-36(30-22-26-32(44)27-23-30)45-42-34(35)14-11-19-41(42)47-39-17-9-7-15-37(39)46(33-12-5-4-6-13-33)38-16-8-10-18-40(38)47/h4-28H,1-3H3. The second-order valence-electron chi connectivity index (χ2n) is 13.0. The summed E-state index contributed by atoms with van der Waals surface area (Å²) < 4.78 is 1.05. The minimum Gasteiger partial charge on any atom is -0.306 e. The molecule has 0 N–H and O–H groups in total. The summed E-state index contributed by atoms with van der Waals surface area (Å²) in [5, 5.41) is 1.12. The maximum Gasteiger partial charge on any atom is 0.0956 e. The van der Waals surface area contributed by atoms with Gasteiger partial charge >= 0.3 is 0 Å². The van der Waals surface area contributed by atoms with Gasteiger partial charge in [0.05, 0.1) is 39.6 Å². The minimum absolute atomic E-state index is 0.0806. The van der Waals surface area contributed by atoms with E-state index in [1.165, 1.54) is 16.7 Å². The second kappa shape index (κ2) is 11.6. The van der Waals surface area contributed by atoms with Crippen molar-refractivity contribution in [2.45, 2.75) is 26.2 Å².